The van der Waals surface area contributed by atoms with Crippen LogP contribution >= 0.6 is 0 Å². The average molecular weight is 434 g/mol. The third-order valence-electron chi connectivity index (χ3n) is 7.51. The largest absolute Gasteiger partial charge is 0.384 e. The van der Waals surface area contributed by atoms with Crippen LogP contribution in [0.4, 0.5) is 5.82 Å². The minimum atomic E-state index is -0.599. The van der Waals surface area contributed by atoms with Crippen molar-refractivity contribution in [3.8, 4) is 0 Å². The summed E-state index contributed by atoms with van der Waals surface area (Å²) in [6.45, 7) is 2.58. The lowest BCUT2D eigenvalue weighted by Gasteiger charge is -2.23. The second-order valence-corrected chi connectivity index (χ2v) is 9.52. The molecule has 2 heterocycles. The number of nitrogens with zero attached hydrogens (tertiary/aromatic N) is 1. The van der Waals surface area contributed by atoms with E-state index >= 15 is 0 Å². The molecule has 0 spiro atoms. The van der Waals surface area contributed by atoms with Crippen LogP contribution in [0.1, 0.15) is 55.5 Å². The van der Waals surface area contributed by atoms with Crippen LogP contribution in [0.5, 0.6) is 0 Å². The topological polar surface area (TPSA) is 109 Å². The Labute approximate surface area is 188 Å². The molecule has 1 aromatic heterocycles. The Kier molecular flexibility index (Phi) is 5.37. The molecule has 0 radical (unpaired) electrons. The van der Waals surface area contributed by atoms with E-state index in [1.165, 1.54) is 18.4 Å². The number of anilines is 1. The normalized spacial score (nSPS) is 26.2. The van der Waals surface area contributed by atoms with Crippen molar-refractivity contribution >= 4 is 17.6 Å². The first-order valence-corrected chi connectivity index (χ1v) is 11.6. The standard InChI is InChI=1S/C25H31N5O2/c1-15(23(31)30-20-9-8-19-18(20)7-10-22(26)29-19)28-24(32)21-13-17(14-27-21)25(11-12-25)16-5-3-2-4-6-16/h2-7,10,15,17,20-21,27H,8-9,11-14H2,1H3,(H2,26,29)(H,28,32)(H,30,31)/t15-,17-,20?,21+/m0/s1. The number of hydrogen-bond acceptors (Lipinski definition) is 5. The molecule has 1 aliphatic heterocycles. The van der Waals surface area contributed by atoms with Crippen LogP contribution in [0.2, 0.25) is 0 Å². The highest BCUT2D eigenvalue weighted by Gasteiger charge is 2.53. The number of benzene rings is 1. The molecule has 2 fully saturated rings. The number of amides is 2. The SMILES string of the molecule is C[C@H](NC(=O)[C@H]1C[C@H](C2(c3ccccc3)CC2)CN1)C(=O)NC1CCc2nc(N)ccc21. The molecule has 0 bridgehead atoms. The van der Waals surface area contributed by atoms with Gasteiger partial charge in [-0.25, -0.2) is 4.98 Å². The van der Waals surface area contributed by atoms with Gasteiger partial charge in [0, 0.05) is 5.69 Å². The van der Waals surface area contributed by atoms with Gasteiger partial charge < -0.3 is 21.7 Å². The predicted octanol–water partition coefficient (Wildman–Crippen LogP) is 1.98. The van der Waals surface area contributed by atoms with Crippen molar-refractivity contribution in [2.45, 2.75) is 62.6 Å². The Morgan fingerprint density at radius 2 is 1.97 bits per heavy atom. The van der Waals surface area contributed by atoms with Crippen LogP contribution in [-0.4, -0.2) is 35.4 Å². The van der Waals surface area contributed by atoms with Crippen molar-refractivity contribution in [3.05, 3.63) is 59.3 Å². The van der Waals surface area contributed by atoms with Gasteiger partial charge >= 0.3 is 0 Å². The first kappa shape index (κ1) is 20.9. The van der Waals surface area contributed by atoms with E-state index in [4.69, 9.17) is 5.73 Å². The van der Waals surface area contributed by atoms with Gasteiger partial charge in [0.1, 0.15) is 11.9 Å². The Hall–Kier alpha value is -2.93. The van der Waals surface area contributed by atoms with Crippen molar-refractivity contribution in [2.24, 2.45) is 5.92 Å². The quantitative estimate of drug-likeness (QED) is 0.557. The molecule has 1 unspecified atom stereocenters. The van der Waals surface area contributed by atoms with Crippen molar-refractivity contribution in [1.82, 2.24) is 20.9 Å². The lowest BCUT2D eigenvalue weighted by molar-refractivity contribution is -0.129. The summed E-state index contributed by atoms with van der Waals surface area (Å²) >= 11 is 0. The van der Waals surface area contributed by atoms with Gasteiger partial charge in [-0.1, -0.05) is 36.4 Å². The van der Waals surface area contributed by atoms with E-state index in [1.54, 1.807) is 13.0 Å². The van der Waals surface area contributed by atoms with Crippen molar-refractivity contribution in [1.29, 1.82) is 0 Å². The van der Waals surface area contributed by atoms with Gasteiger partial charge in [0.2, 0.25) is 11.8 Å². The summed E-state index contributed by atoms with van der Waals surface area (Å²) in [4.78, 5) is 30.0. The summed E-state index contributed by atoms with van der Waals surface area (Å²) in [5.41, 5.74) is 9.31. The van der Waals surface area contributed by atoms with Crippen LogP contribution in [0.3, 0.4) is 0 Å². The number of pyridine rings is 1. The fourth-order valence-electron chi connectivity index (χ4n) is 5.50. The molecule has 1 aromatic carbocycles. The molecule has 5 N–H and O–H groups in total. The molecular formula is C25H31N5O2. The van der Waals surface area contributed by atoms with Crippen LogP contribution < -0.4 is 21.7 Å². The number of nitrogens with one attached hydrogen (secondary N) is 3. The first-order valence-electron chi connectivity index (χ1n) is 11.6. The van der Waals surface area contributed by atoms with Gasteiger partial charge in [-0.05, 0) is 74.1 Å². The Bertz CT molecular complexity index is 1020. The number of nitrogen functional groups attached to an aromatic ring is 1. The van der Waals surface area contributed by atoms with Gasteiger partial charge in [-0.15, -0.1) is 0 Å². The molecule has 7 heteroatoms. The Morgan fingerprint density at radius 1 is 1.19 bits per heavy atom. The third kappa shape index (κ3) is 3.86. The molecule has 3 aliphatic rings. The molecule has 2 aromatic rings. The van der Waals surface area contributed by atoms with Crippen LogP contribution in [0.25, 0.3) is 0 Å². The van der Waals surface area contributed by atoms with E-state index in [0.717, 1.165) is 37.1 Å². The minimum Gasteiger partial charge on any atom is -0.384 e. The molecule has 5 rings (SSSR count). The fourth-order valence-corrected chi connectivity index (χ4v) is 5.50. The average Bonchev–Trinajstić information content (AvgIpc) is 3.28. The zero-order valence-corrected chi connectivity index (χ0v) is 18.4. The van der Waals surface area contributed by atoms with E-state index in [0.29, 0.717) is 11.7 Å². The lowest BCUT2D eigenvalue weighted by Crippen LogP contribution is -2.50. The second kappa shape index (κ2) is 8.20. The van der Waals surface area contributed by atoms with E-state index in [-0.39, 0.29) is 29.3 Å². The highest BCUT2D eigenvalue weighted by atomic mass is 16.2. The number of carbonyl (C=O) groups is 2. The smallest absolute Gasteiger partial charge is 0.242 e. The fraction of sp³-hybridized carbons (Fsp3) is 0.480. The summed E-state index contributed by atoms with van der Waals surface area (Å²) < 4.78 is 0. The molecule has 2 amide bonds. The van der Waals surface area contributed by atoms with Gasteiger partial charge in [0.15, 0.2) is 0 Å². The number of aryl methyl sites for hydroxylation is 1. The summed E-state index contributed by atoms with van der Waals surface area (Å²) in [5, 5.41) is 9.37. The maximum Gasteiger partial charge on any atom is 0.242 e. The summed E-state index contributed by atoms with van der Waals surface area (Å²) in [6, 6.07) is 13.4. The number of carbonyl (C=O) groups excluding carboxylic acids is 2. The second-order valence-electron chi connectivity index (χ2n) is 9.52. The number of aromatic nitrogens is 1. The minimum absolute atomic E-state index is 0.0838. The van der Waals surface area contributed by atoms with E-state index in [2.05, 4.69) is 45.2 Å². The summed E-state index contributed by atoms with van der Waals surface area (Å²) in [7, 11) is 0. The lowest BCUT2D eigenvalue weighted by atomic mass is 9.81. The van der Waals surface area contributed by atoms with Gasteiger partial charge in [0.25, 0.3) is 0 Å². The van der Waals surface area contributed by atoms with Gasteiger partial charge in [-0.3, -0.25) is 9.59 Å². The van der Waals surface area contributed by atoms with Crippen LogP contribution in [0, 0.1) is 5.92 Å². The molecule has 1 saturated heterocycles. The van der Waals surface area contributed by atoms with Crippen molar-refractivity contribution in [3.63, 3.8) is 0 Å². The Morgan fingerprint density at radius 3 is 2.72 bits per heavy atom. The van der Waals surface area contributed by atoms with E-state index in [1.807, 2.05) is 12.1 Å². The van der Waals surface area contributed by atoms with Crippen molar-refractivity contribution < 1.29 is 9.59 Å². The number of nitrogens with two attached hydrogens (primary N) is 1. The number of rotatable bonds is 6. The third-order valence-corrected chi connectivity index (χ3v) is 7.51. The molecule has 7 nitrogen and oxygen atoms in total. The number of fused-ring (bicyclic) bond motifs is 1. The monoisotopic (exact) mass is 433 g/mol. The molecular weight excluding hydrogens is 402 g/mol. The van der Waals surface area contributed by atoms with E-state index < -0.39 is 6.04 Å². The Balaban J connectivity index is 1.15. The van der Waals surface area contributed by atoms with E-state index in [9.17, 15) is 9.59 Å². The van der Waals surface area contributed by atoms with Gasteiger partial charge in [0.05, 0.1) is 12.1 Å². The van der Waals surface area contributed by atoms with Crippen LogP contribution in [-0.2, 0) is 21.4 Å². The maximum atomic E-state index is 12.9. The van der Waals surface area contributed by atoms with Crippen molar-refractivity contribution in [2.75, 3.05) is 12.3 Å². The first-order chi connectivity index (χ1) is 15.5. The zero-order valence-electron chi connectivity index (χ0n) is 18.4. The molecule has 1 saturated carbocycles. The molecule has 2 aliphatic carbocycles. The molecule has 32 heavy (non-hydrogen) atoms. The molecule has 4 atom stereocenters. The van der Waals surface area contributed by atoms with Gasteiger partial charge in [-0.2, -0.15) is 0 Å². The summed E-state index contributed by atoms with van der Waals surface area (Å²) in [6.07, 6.45) is 4.76. The predicted molar refractivity (Wildman–Crippen MR) is 123 cm³/mol. The number of hydrogen-bond donors (Lipinski definition) is 4. The molecule has 168 valence electrons. The highest BCUT2D eigenvalue weighted by Crippen LogP contribution is 2.56. The maximum absolute atomic E-state index is 12.9. The summed E-state index contributed by atoms with van der Waals surface area (Å²) in [5.74, 6) is 0.671. The van der Waals surface area contributed by atoms with Crippen LogP contribution in [0.15, 0.2) is 42.5 Å². The highest BCUT2D eigenvalue weighted by molar-refractivity contribution is 5.90. The zero-order chi connectivity index (χ0) is 22.3.